The Hall–Kier alpha value is -2.71. The van der Waals surface area contributed by atoms with Crippen molar-refractivity contribution in [1.29, 1.82) is 0 Å². The molecule has 0 bridgehead atoms. The van der Waals surface area contributed by atoms with Crippen molar-refractivity contribution in [2.45, 2.75) is 76.4 Å². The van der Waals surface area contributed by atoms with Gasteiger partial charge in [0.15, 0.2) is 0 Å². The molecule has 35 heavy (non-hydrogen) atoms. The number of hydrogen-bond donors (Lipinski definition) is 2. The van der Waals surface area contributed by atoms with Crippen molar-refractivity contribution in [2.75, 3.05) is 26.3 Å². The smallest absolute Gasteiger partial charge is 0.259 e. The van der Waals surface area contributed by atoms with Crippen LogP contribution >= 0.6 is 0 Å². The van der Waals surface area contributed by atoms with Gasteiger partial charge in [0.1, 0.15) is 0 Å². The number of amides is 1. The Morgan fingerprint density at radius 3 is 2.60 bits per heavy atom. The number of pyridine rings is 1. The summed E-state index contributed by atoms with van der Waals surface area (Å²) in [6.07, 6.45) is 10.7. The number of nitrogens with zero attached hydrogens (tertiary/aromatic N) is 3. The van der Waals surface area contributed by atoms with E-state index in [4.69, 9.17) is 4.74 Å². The minimum absolute atomic E-state index is 0.0270. The number of aromatic nitrogens is 3. The zero-order valence-corrected chi connectivity index (χ0v) is 20.5. The summed E-state index contributed by atoms with van der Waals surface area (Å²) in [5, 5.41) is 9.51. The lowest BCUT2D eigenvalue weighted by Crippen LogP contribution is -2.56. The molecule has 8 heteroatoms. The number of carbonyl (C=O) groups is 1. The molecule has 0 radical (unpaired) electrons. The molecule has 1 saturated heterocycles. The van der Waals surface area contributed by atoms with Crippen LogP contribution in [0.2, 0.25) is 0 Å². The largest absolute Gasteiger partial charge is 0.379 e. The third-order valence-corrected chi connectivity index (χ3v) is 8.38. The van der Waals surface area contributed by atoms with E-state index in [1.54, 1.807) is 6.20 Å². The number of ether oxygens (including phenoxy) is 1. The van der Waals surface area contributed by atoms with Gasteiger partial charge in [-0.2, -0.15) is 5.10 Å². The highest BCUT2D eigenvalue weighted by molar-refractivity contribution is 6.07. The Morgan fingerprint density at radius 1 is 1.06 bits per heavy atom. The minimum atomic E-state index is -0.121. The highest BCUT2D eigenvalue weighted by atomic mass is 16.5. The Balaban J connectivity index is 1.36. The molecule has 0 unspecified atom stereocenters. The first kappa shape index (κ1) is 22.7. The molecule has 6 rings (SSSR count). The minimum Gasteiger partial charge on any atom is -0.379 e. The van der Waals surface area contributed by atoms with Gasteiger partial charge >= 0.3 is 0 Å². The highest BCUT2D eigenvalue weighted by Gasteiger charge is 2.32. The van der Waals surface area contributed by atoms with E-state index in [0.717, 1.165) is 80.4 Å². The molecule has 3 aromatic rings. The lowest BCUT2D eigenvalue weighted by atomic mass is 9.88. The Bertz CT molecular complexity index is 1300. The van der Waals surface area contributed by atoms with Crippen molar-refractivity contribution in [3.8, 4) is 0 Å². The number of H-pyrrole nitrogens is 1. The summed E-state index contributed by atoms with van der Waals surface area (Å²) in [5.74, 6) is -0.0270. The molecule has 1 aliphatic heterocycles. The number of aromatic amines is 1. The zero-order valence-electron chi connectivity index (χ0n) is 20.5. The van der Waals surface area contributed by atoms with Crippen molar-refractivity contribution in [2.24, 2.45) is 0 Å². The van der Waals surface area contributed by atoms with Crippen LogP contribution in [0.5, 0.6) is 0 Å². The summed E-state index contributed by atoms with van der Waals surface area (Å²) in [4.78, 5) is 31.9. The van der Waals surface area contributed by atoms with Crippen molar-refractivity contribution in [3.63, 3.8) is 0 Å². The predicted octanol–water partition coefficient (Wildman–Crippen LogP) is 3.67. The van der Waals surface area contributed by atoms with E-state index in [9.17, 15) is 9.59 Å². The number of aryl methyl sites for hydroxylation is 1. The van der Waals surface area contributed by atoms with Gasteiger partial charge in [-0.25, -0.2) is 0 Å². The number of rotatable bonds is 4. The molecule has 2 aliphatic carbocycles. The molecule has 1 aromatic carbocycles. The lowest BCUT2D eigenvalue weighted by Gasteiger charge is -2.41. The first-order valence-electron chi connectivity index (χ1n) is 13.3. The molecule has 3 heterocycles. The van der Waals surface area contributed by atoms with Crippen LogP contribution < -0.4 is 10.9 Å². The first-order chi connectivity index (χ1) is 17.1. The number of morpholine rings is 1. The first-order valence-corrected chi connectivity index (χ1v) is 13.3. The average Bonchev–Trinajstić information content (AvgIpc) is 3.55. The maximum absolute atomic E-state index is 13.6. The van der Waals surface area contributed by atoms with Gasteiger partial charge in [-0.3, -0.25) is 19.2 Å². The maximum atomic E-state index is 13.6. The van der Waals surface area contributed by atoms with Crippen molar-refractivity contribution >= 4 is 27.7 Å². The van der Waals surface area contributed by atoms with E-state index in [1.165, 1.54) is 19.3 Å². The normalized spacial score (nSPS) is 24.4. The molecule has 2 N–H and O–H groups in total. The van der Waals surface area contributed by atoms with Crippen LogP contribution in [0.25, 0.3) is 21.8 Å². The summed E-state index contributed by atoms with van der Waals surface area (Å²) in [6, 6.07) is 4.73. The number of hydrogen-bond acceptors (Lipinski definition) is 5. The van der Waals surface area contributed by atoms with E-state index in [0.29, 0.717) is 23.0 Å². The van der Waals surface area contributed by atoms with Gasteiger partial charge in [-0.05, 0) is 50.3 Å². The third-order valence-electron chi connectivity index (χ3n) is 8.38. The number of benzene rings is 1. The summed E-state index contributed by atoms with van der Waals surface area (Å²) < 4.78 is 7.59. The summed E-state index contributed by atoms with van der Waals surface area (Å²) >= 11 is 0. The molecular weight excluding hydrogens is 442 g/mol. The fourth-order valence-electron chi connectivity index (χ4n) is 6.54. The molecule has 2 aromatic heterocycles. The standard InChI is InChI=1S/C27H35N5O3/c1-17-14-23-20(25-21(27(34)30-23)16-28-32(25)18-6-2-3-7-18)15-19(17)26(33)29-22-8-4-5-9-24(22)31-10-12-35-13-11-31/h14-16,18,22,24H,2-13H2,1H3,(H,29,33)(H,30,34)/t22-,24-/m1/s1. The SMILES string of the molecule is Cc1cc2[nH]c(=O)c3cnn(C4CCCC4)c3c2cc1C(=O)N[C@@H]1CCCC[C@H]1N1CCOCC1. The molecule has 3 aliphatic rings. The lowest BCUT2D eigenvalue weighted by molar-refractivity contribution is 0.000124. The van der Waals surface area contributed by atoms with E-state index in [1.807, 2.05) is 23.7 Å². The Kier molecular flexibility index (Phi) is 6.10. The molecular formula is C27H35N5O3. The van der Waals surface area contributed by atoms with Crippen LogP contribution in [-0.4, -0.2) is 64.0 Å². The number of nitrogens with one attached hydrogen (secondary N) is 2. The second-order valence-corrected chi connectivity index (χ2v) is 10.5. The van der Waals surface area contributed by atoms with Gasteiger partial charge in [0.2, 0.25) is 0 Å². The average molecular weight is 478 g/mol. The zero-order chi connectivity index (χ0) is 23.9. The van der Waals surface area contributed by atoms with Crippen molar-refractivity contribution in [1.82, 2.24) is 25.0 Å². The number of carbonyl (C=O) groups excluding carboxylic acids is 1. The summed E-state index contributed by atoms with van der Waals surface area (Å²) in [6.45, 7) is 5.35. The topological polar surface area (TPSA) is 92.2 Å². The van der Waals surface area contributed by atoms with Crippen molar-refractivity contribution in [3.05, 3.63) is 39.8 Å². The predicted molar refractivity (Wildman–Crippen MR) is 136 cm³/mol. The van der Waals surface area contributed by atoms with Crippen LogP contribution in [0.4, 0.5) is 0 Å². The van der Waals surface area contributed by atoms with Gasteiger partial charge < -0.3 is 15.0 Å². The van der Waals surface area contributed by atoms with E-state index >= 15 is 0 Å². The molecule has 186 valence electrons. The summed E-state index contributed by atoms with van der Waals surface area (Å²) in [5.41, 5.74) is 3.05. The van der Waals surface area contributed by atoms with E-state index < -0.39 is 0 Å². The van der Waals surface area contributed by atoms with Crippen LogP contribution in [0, 0.1) is 6.92 Å². The molecule has 3 fully saturated rings. The van der Waals surface area contributed by atoms with Gasteiger partial charge in [-0.1, -0.05) is 25.7 Å². The van der Waals surface area contributed by atoms with Gasteiger partial charge in [0.05, 0.1) is 41.9 Å². The molecule has 8 nitrogen and oxygen atoms in total. The second-order valence-electron chi connectivity index (χ2n) is 10.5. The fourth-order valence-corrected chi connectivity index (χ4v) is 6.54. The number of fused-ring (bicyclic) bond motifs is 3. The summed E-state index contributed by atoms with van der Waals surface area (Å²) in [7, 11) is 0. The van der Waals surface area contributed by atoms with Crippen LogP contribution in [0.15, 0.2) is 23.1 Å². The monoisotopic (exact) mass is 477 g/mol. The third kappa shape index (κ3) is 4.16. The van der Waals surface area contributed by atoms with E-state index in [-0.39, 0.29) is 17.5 Å². The van der Waals surface area contributed by atoms with E-state index in [2.05, 4.69) is 20.3 Å². The van der Waals surface area contributed by atoms with Crippen molar-refractivity contribution < 1.29 is 9.53 Å². The maximum Gasteiger partial charge on any atom is 0.259 e. The van der Waals surface area contributed by atoms with Crippen LogP contribution in [-0.2, 0) is 4.74 Å². The van der Waals surface area contributed by atoms with Crippen LogP contribution in [0.1, 0.15) is 73.3 Å². The molecule has 2 saturated carbocycles. The Morgan fingerprint density at radius 2 is 1.80 bits per heavy atom. The van der Waals surface area contributed by atoms with Crippen LogP contribution in [0.3, 0.4) is 0 Å². The molecule has 0 spiro atoms. The van der Waals surface area contributed by atoms with Gasteiger partial charge in [-0.15, -0.1) is 0 Å². The highest BCUT2D eigenvalue weighted by Crippen LogP contribution is 2.34. The molecule has 2 atom stereocenters. The van der Waals surface area contributed by atoms with Gasteiger partial charge in [0, 0.05) is 36.1 Å². The van der Waals surface area contributed by atoms with Gasteiger partial charge in [0.25, 0.3) is 11.5 Å². The Labute approximate surface area is 205 Å². The molecule has 1 amide bonds. The second kappa shape index (κ2) is 9.39. The quantitative estimate of drug-likeness (QED) is 0.598. The fraction of sp³-hybridized carbons (Fsp3) is 0.593.